The van der Waals surface area contributed by atoms with Crippen LogP contribution in [-0.2, 0) is 0 Å². The Labute approximate surface area is 163 Å². The van der Waals surface area contributed by atoms with E-state index in [2.05, 4.69) is 32.5 Å². The second-order valence-corrected chi connectivity index (χ2v) is 6.56. The molecule has 146 valence electrons. The number of amides is 2. The molecule has 0 aliphatic rings. The van der Waals surface area contributed by atoms with Gasteiger partial charge in [-0.05, 0) is 25.5 Å². The number of carbonyl (C=O) groups is 2. The predicted molar refractivity (Wildman–Crippen MR) is 108 cm³/mol. The zero-order valence-electron chi connectivity index (χ0n) is 16.1. The standard InChI is InChI=1S/C20H24N6O2/c1-3-4-5-6-10-21-20(28)25-18-17-19(23-12-22-18)26(13-24-17)16-9-7-8-15(11-16)14(2)27/h7-9,11-13H,3-6,10H2,1-2H3,(H2,21,22,23,25,28). The Morgan fingerprint density at radius 3 is 2.75 bits per heavy atom. The molecule has 0 unspecified atom stereocenters. The Hall–Kier alpha value is -3.29. The number of urea groups is 1. The lowest BCUT2D eigenvalue weighted by molar-refractivity contribution is 0.101. The molecule has 2 N–H and O–H groups in total. The number of anilines is 1. The lowest BCUT2D eigenvalue weighted by Gasteiger charge is -2.08. The topological polar surface area (TPSA) is 102 Å². The van der Waals surface area contributed by atoms with Gasteiger partial charge in [0.2, 0.25) is 0 Å². The highest BCUT2D eigenvalue weighted by molar-refractivity contribution is 5.96. The molecule has 0 radical (unpaired) electrons. The van der Waals surface area contributed by atoms with Crippen LogP contribution in [0.25, 0.3) is 16.9 Å². The molecule has 28 heavy (non-hydrogen) atoms. The summed E-state index contributed by atoms with van der Waals surface area (Å²) in [6, 6.07) is 6.90. The van der Waals surface area contributed by atoms with Gasteiger partial charge in [-0.3, -0.25) is 14.7 Å². The van der Waals surface area contributed by atoms with Crippen molar-refractivity contribution in [2.45, 2.75) is 39.5 Å². The normalized spacial score (nSPS) is 10.8. The van der Waals surface area contributed by atoms with Gasteiger partial charge in [-0.1, -0.05) is 38.3 Å². The summed E-state index contributed by atoms with van der Waals surface area (Å²) >= 11 is 0. The van der Waals surface area contributed by atoms with Gasteiger partial charge in [0, 0.05) is 17.8 Å². The molecule has 0 saturated carbocycles. The Kier molecular flexibility index (Phi) is 6.31. The lowest BCUT2D eigenvalue weighted by atomic mass is 10.1. The van der Waals surface area contributed by atoms with E-state index in [1.807, 2.05) is 12.1 Å². The smallest absolute Gasteiger partial charge is 0.320 e. The van der Waals surface area contributed by atoms with Crippen LogP contribution >= 0.6 is 0 Å². The van der Waals surface area contributed by atoms with Crippen LogP contribution < -0.4 is 10.6 Å². The number of fused-ring (bicyclic) bond motifs is 1. The van der Waals surface area contributed by atoms with E-state index in [1.165, 1.54) is 13.3 Å². The summed E-state index contributed by atoms with van der Waals surface area (Å²) in [6.07, 6.45) is 7.35. The van der Waals surface area contributed by atoms with Gasteiger partial charge < -0.3 is 5.32 Å². The fraction of sp³-hybridized carbons (Fsp3) is 0.350. The molecule has 2 heterocycles. The molecule has 0 bridgehead atoms. The van der Waals surface area contributed by atoms with Crippen molar-refractivity contribution in [2.24, 2.45) is 0 Å². The summed E-state index contributed by atoms with van der Waals surface area (Å²) in [7, 11) is 0. The summed E-state index contributed by atoms with van der Waals surface area (Å²) in [6.45, 7) is 4.29. The third kappa shape index (κ3) is 4.51. The van der Waals surface area contributed by atoms with E-state index in [1.54, 1.807) is 23.0 Å². The van der Waals surface area contributed by atoms with Gasteiger partial charge >= 0.3 is 6.03 Å². The number of carbonyl (C=O) groups excluding carboxylic acids is 2. The SMILES string of the molecule is CCCCCCNC(=O)Nc1ncnc2c1ncn2-c1cccc(C(C)=O)c1. The minimum Gasteiger partial charge on any atom is -0.338 e. The second kappa shape index (κ2) is 9.07. The minimum absolute atomic E-state index is 0.0149. The molecule has 2 aromatic heterocycles. The maximum Gasteiger partial charge on any atom is 0.320 e. The molecular weight excluding hydrogens is 356 g/mol. The van der Waals surface area contributed by atoms with Crippen LogP contribution in [-0.4, -0.2) is 37.9 Å². The number of hydrogen-bond donors (Lipinski definition) is 2. The van der Waals surface area contributed by atoms with Crippen molar-refractivity contribution in [1.29, 1.82) is 0 Å². The van der Waals surface area contributed by atoms with Gasteiger partial charge in [-0.2, -0.15) is 0 Å². The number of benzene rings is 1. The predicted octanol–water partition coefficient (Wildman–Crippen LogP) is 3.72. The number of nitrogens with one attached hydrogen (secondary N) is 2. The number of rotatable bonds is 8. The van der Waals surface area contributed by atoms with E-state index in [9.17, 15) is 9.59 Å². The van der Waals surface area contributed by atoms with Crippen molar-refractivity contribution in [1.82, 2.24) is 24.8 Å². The molecule has 0 aliphatic heterocycles. The molecule has 3 aromatic rings. The van der Waals surface area contributed by atoms with Crippen molar-refractivity contribution in [3.05, 3.63) is 42.5 Å². The quantitative estimate of drug-likeness (QED) is 0.458. The zero-order chi connectivity index (χ0) is 19.9. The highest BCUT2D eigenvalue weighted by Crippen LogP contribution is 2.21. The average Bonchev–Trinajstić information content (AvgIpc) is 3.13. The number of nitrogens with zero attached hydrogens (tertiary/aromatic N) is 4. The summed E-state index contributed by atoms with van der Waals surface area (Å²) in [4.78, 5) is 36.6. The Morgan fingerprint density at radius 2 is 1.96 bits per heavy atom. The average molecular weight is 380 g/mol. The summed E-state index contributed by atoms with van der Waals surface area (Å²) < 4.78 is 1.76. The summed E-state index contributed by atoms with van der Waals surface area (Å²) in [5, 5.41) is 5.57. The van der Waals surface area contributed by atoms with Crippen molar-refractivity contribution < 1.29 is 9.59 Å². The lowest BCUT2D eigenvalue weighted by Crippen LogP contribution is -2.30. The summed E-state index contributed by atoms with van der Waals surface area (Å²) in [5.41, 5.74) is 2.40. The van der Waals surface area contributed by atoms with E-state index >= 15 is 0 Å². The first-order chi connectivity index (χ1) is 13.6. The number of unbranched alkanes of at least 4 members (excludes halogenated alkanes) is 3. The second-order valence-electron chi connectivity index (χ2n) is 6.56. The first-order valence-corrected chi connectivity index (χ1v) is 9.44. The van der Waals surface area contributed by atoms with Crippen LogP contribution in [0, 0.1) is 0 Å². The maximum absolute atomic E-state index is 12.1. The van der Waals surface area contributed by atoms with Gasteiger partial charge in [0.15, 0.2) is 22.8 Å². The molecule has 0 fully saturated rings. The number of hydrogen-bond acceptors (Lipinski definition) is 5. The van der Waals surface area contributed by atoms with E-state index in [4.69, 9.17) is 0 Å². The molecule has 8 heteroatoms. The van der Waals surface area contributed by atoms with Crippen molar-refractivity contribution >= 4 is 28.8 Å². The maximum atomic E-state index is 12.1. The largest absolute Gasteiger partial charge is 0.338 e. The highest BCUT2D eigenvalue weighted by atomic mass is 16.2. The fourth-order valence-electron chi connectivity index (χ4n) is 2.90. The Bertz CT molecular complexity index is 982. The van der Waals surface area contributed by atoms with E-state index in [0.717, 1.165) is 31.4 Å². The third-order valence-electron chi connectivity index (χ3n) is 4.41. The van der Waals surface area contributed by atoms with E-state index in [0.29, 0.717) is 29.1 Å². The number of ketones is 1. The molecule has 1 aromatic carbocycles. The van der Waals surface area contributed by atoms with Crippen molar-refractivity contribution in [2.75, 3.05) is 11.9 Å². The van der Waals surface area contributed by atoms with Crippen molar-refractivity contribution in [3.63, 3.8) is 0 Å². The molecule has 0 spiro atoms. The van der Waals surface area contributed by atoms with Crippen LogP contribution in [0.1, 0.15) is 49.9 Å². The molecule has 2 amide bonds. The third-order valence-corrected chi connectivity index (χ3v) is 4.41. The highest BCUT2D eigenvalue weighted by Gasteiger charge is 2.14. The molecule has 0 atom stereocenters. The van der Waals surface area contributed by atoms with Crippen LogP contribution in [0.3, 0.4) is 0 Å². The van der Waals surface area contributed by atoms with Gasteiger partial charge in [-0.15, -0.1) is 0 Å². The van der Waals surface area contributed by atoms with Crippen LogP contribution in [0.2, 0.25) is 0 Å². The zero-order valence-corrected chi connectivity index (χ0v) is 16.1. The number of Topliss-reactive ketones (excluding diaryl/α,β-unsaturated/α-hetero) is 1. The van der Waals surface area contributed by atoms with E-state index < -0.39 is 0 Å². The van der Waals surface area contributed by atoms with Gasteiger partial charge in [0.1, 0.15) is 12.7 Å². The summed E-state index contributed by atoms with van der Waals surface area (Å²) in [5.74, 6) is 0.330. The van der Waals surface area contributed by atoms with E-state index in [-0.39, 0.29) is 11.8 Å². The monoisotopic (exact) mass is 380 g/mol. The fourth-order valence-corrected chi connectivity index (χ4v) is 2.90. The Morgan fingerprint density at radius 1 is 1.11 bits per heavy atom. The van der Waals surface area contributed by atoms with Gasteiger partial charge in [0.05, 0.1) is 0 Å². The number of imidazole rings is 1. The minimum atomic E-state index is -0.315. The van der Waals surface area contributed by atoms with Gasteiger partial charge in [0.25, 0.3) is 0 Å². The van der Waals surface area contributed by atoms with Crippen molar-refractivity contribution in [3.8, 4) is 5.69 Å². The van der Waals surface area contributed by atoms with Crippen LogP contribution in [0.4, 0.5) is 10.6 Å². The van der Waals surface area contributed by atoms with Gasteiger partial charge in [-0.25, -0.2) is 19.7 Å². The molecular formula is C20H24N6O2. The Balaban J connectivity index is 1.77. The molecule has 8 nitrogen and oxygen atoms in total. The molecule has 3 rings (SSSR count). The first-order valence-electron chi connectivity index (χ1n) is 9.44. The molecule has 0 aliphatic carbocycles. The number of aromatic nitrogens is 4. The molecule has 0 saturated heterocycles. The first kappa shape index (κ1) is 19.5. The van der Waals surface area contributed by atoms with Crippen LogP contribution in [0.5, 0.6) is 0 Å². The van der Waals surface area contributed by atoms with Crippen LogP contribution in [0.15, 0.2) is 36.9 Å².